The van der Waals surface area contributed by atoms with Crippen LogP contribution in [0.25, 0.3) is 0 Å². The first-order valence-electron chi connectivity index (χ1n) is 6.94. The summed E-state index contributed by atoms with van der Waals surface area (Å²) in [5, 5.41) is 3.37. The molecule has 0 aliphatic rings. The Kier molecular flexibility index (Phi) is 5.71. The zero-order chi connectivity index (χ0) is 16.8. The van der Waals surface area contributed by atoms with Crippen molar-refractivity contribution in [3.05, 3.63) is 47.0 Å². The maximum absolute atomic E-state index is 12.0. The van der Waals surface area contributed by atoms with Crippen LogP contribution >= 0.6 is 11.6 Å². The summed E-state index contributed by atoms with van der Waals surface area (Å²) < 4.78 is 15.9. The van der Waals surface area contributed by atoms with Crippen molar-refractivity contribution in [1.29, 1.82) is 0 Å². The molecule has 0 aliphatic heterocycles. The maximum Gasteiger partial charge on any atom is 0.262 e. The Hall–Kier alpha value is -2.40. The van der Waals surface area contributed by atoms with E-state index in [2.05, 4.69) is 5.32 Å². The van der Waals surface area contributed by atoms with E-state index in [0.717, 1.165) is 5.56 Å². The molecule has 0 atom stereocenters. The number of amides is 1. The van der Waals surface area contributed by atoms with Gasteiger partial charge in [0, 0.05) is 11.1 Å². The highest BCUT2D eigenvalue weighted by Gasteiger charge is 2.10. The minimum absolute atomic E-state index is 0.113. The van der Waals surface area contributed by atoms with Gasteiger partial charge in [0.25, 0.3) is 5.91 Å². The molecule has 0 saturated heterocycles. The van der Waals surface area contributed by atoms with Gasteiger partial charge in [0.05, 0.1) is 19.9 Å². The van der Waals surface area contributed by atoms with Gasteiger partial charge in [-0.25, -0.2) is 0 Å². The minimum Gasteiger partial charge on any atom is -0.497 e. The van der Waals surface area contributed by atoms with E-state index >= 15 is 0 Å². The fourth-order valence-corrected chi connectivity index (χ4v) is 2.23. The first kappa shape index (κ1) is 17.0. The molecule has 0 aliphatic carbocycles. The maximum atomic E-state index is 12.0. The third-order valence-corrected chi connectivity index (χ3v) is 3.41. The average Bonchev–Trinajstić information content (AvgIpc) is 2.54. The Morgan fingerprint density at radius 1 is 1.09 bits per heavy atom. The van der Waals surface area contributed by atoms with Crippen LogP contribution in [0.4, 0.5) is 5.69 Å². The molecule has 5 nitrogen and oxygen atoms in total. The number of nitrogens with one attached hydrogen (secondary N) is 1. The van der Waals surface area contributed by atoms with Crippen LogP contribution in [0.1, 0.15) is 5.56 Å². The van der Waals surface area contributed by atoms with Crippen molar-refractivity contribution in [1.82, 2.24) is 0 Å². The summed E-state index contributed by atoms with van der Waals surface area (Å²) in [5.74, 6) is 1.49. The van der Waals surface area contributed by atoms with Crippen molar-refractivity contribution in [2.24, 2.45) is 0 Å². The van der Waals surface area contributed by atoms with E-state index in [0.29, 0.717) is 28.0 Å². The second-order valence-corrected chi connectivity index (χ2v) is 5.25. The molecule has 6 heteroatoms. The average molecular weight is 336 g/mol. The quantitative estimate of drug-likeness (QED) is 0.874. The lowest BCUT2D eigenvalue weighted by atomic mass is 10.2. The molecular weight excluding hydrogens is 318 g/mol. The predicted molar refractivity (Wildman–Crippen MR) is 89.9 cm³/mol. The number of ether oxygens (including phenoxy) is 3. The van der Waals surface area contributed by atoms with Crippen LogP contribution in [0.3, 0.4) is 0 Å². The second-order valence-electron chi connectivity index (χ2n) is 4.81. The highest BCUT2D eigenvalue weighted by molar-refractivity contribution is 6.30. The molecule has 2 rings (SSSR count). The molecule has 0 saturated carbocycles. The fraction of sp³-hybridized carbons (Fsp3) is 0.235. The van der Waals surface area contributed by atoms with Crippen molar-refractivity contribution >= 4 is 23.2 Å². The lowest BCUT2D eigenvalue weighted by Gasteiger charge is -2.13. The Morgan fingerprint density at radius 3 is 2.52 bits per heavy atom. The minimum atomic E-state index is -0.289. The Morgan fingerprint density at radius 2 is 1.87 bits per heavy atom. The SMILES string of the molecule is COc1ccc(NC(=O)COc2ccc(Cl)cc2C)c(OC)c1. The van der Waals surface area contributed by atoms with Gasteiger partial charge in [0.15, 0.2) is 6.61 Å². The molecule has 1 N–H and O–H groups in total. The molecule has 2 aromatic rings. The Balaban J connectivity index is 1.99. The molecule has 1 amide bonds. The van der Waals surface area contributed by atoms with Crippen LogP contribution in [0.15, 0.2) is 36.4 Å². The van der Waals surface area contributed by atoms with E-state index in [1.807, 2.05) is 6.92 Å². The summed E-state index contributed by atoms with van der Waals surface area (Å²) in [6.45, 7) is 1.75. The van der Waals surface area contributed by atoms with Crippen LogP contribution < -0.4 is 19.5 Å². The highest BCUT2D eigenvalue weighted by atomic mass is 35.5. The van der Waals surface area contributed by atoms with Crippen LogP contribution in [0, 0.1) is 6.92 Å². The molecule has 2 aromatic carbocycles. The van der Waals surface area contributed by atoms with Gasteiger partial charge in [-0.1, -0.05) is 11.6 Å². The van der Waals surface area contributed by atoms with E-state index in [4.69, 9.17) is 25.8 Å². The van der Waals surface area contributed by atoms with Crippen molar-refractivity contribution in [2.75, 3.05) is 26.1 Å². The Labute approximate surface area is 140 Å². The number of hydrogen-bond donors (Lipinski definition) is 1. The largest absolute Gasteiger partial charge is 0.497 e. The van der Waals surface area contributed by atoms with Crippen LogP contribution in [0.2, 0.25) is 5.02 Å². The monoisotopic (exact) mass is 335 g/mol. The first-order chi connectivity index (χ1) is 11.0. The summed E-state index contributed by atoms with van der Waals surface area (Å²) >= 11 is 5.89. The van der Waals surface area contributed by atoms with Crippen LogP contribution in [0.5, 0.6) is 17.2 Å². The van der Waals surface area contributed by atoms with E-state index in [9.17, 15) is 4.79 Å². The number of benzene rings is 2. The smallest absolute Gasteiger partial charge is 0.262 e. The van der Waals surface area contributed by atoms with Gasteiger partial charge in [-0.2, -0.15) is 0 Å². The van der Waals surface area contributed by atoms with Crippen molar-refractivity contribution in [3.63, 3.8) is 0 Å². The third-order valence-electron chi connectivity index (χ3n) is 3.18. The number of halogens is 1. The number of anilines is 1. The van der Waals surface area contributed by atoms with Gasteiger partial charge in [-0.05, 0) is 42.8 Å². The molecular formula is C17H18ClNO4. The van der Waals surface area contributed by atoms with Gasteiger partial charge < -0.3 is 19.5 Å². The molecule has 0 heterocycles. The van der Waals surface area contributed by atoms with Crippen LogP contribution in [-0.2, 0) is 4.79 Å². The van der Waals surface area contributed by atoms with E-state index < -0.39 is 0 Å². The summed E-state index contributed by atoms with van der Waals surface area (Å²) in [6.07, 6.45) is 0. The van der Waals surface area contributed by atoms with Crippen molar-refractivity contribution in [2.45, 2.75) is 6.92 Å². The molecule has 0 fully saturated rings. The zero-order valence-electron chi connectivity index (χ0n) is 13.2. The zero-order valence-corrected chi connectivity index (χ0v) is 13.9. The second kappa shape index (κ2) is 7.74. The molecule has 0 spiro atoms. The molecule has 0 unspecified atom stereocenters. The van der Waals surface area contributed by atoms with Gasteiger partial charge in [0.2, 0.25) is 0 Å². The van der Waals surface area contributed by atoms with Crippen molar-refractivity contribution < 1.29 is 19.0 Å². The summed E-state index contributed by atoms with van der Waals surface area (Å²) in [4.78, 5) is 12.0. The number of aryl methyl sites for hydroxylation is 1. The summed E-state index contributed by atoms with van der Waals surface area (Å²) in [6, 6.07) is 10.4. The summed E-state index contributed by atoms with van der Waals surface area (Å²) in [7, 11) is 3.09. The van der Waals surface area contributed by atoms with E-state index in [-0.39, 0.29) is 12.5 Å². The van der Waals surface area contributed by atoms with E-state index in [1.54, 1.807) is 43.5 Å². The van der Waals surface area contributed by atoms with Gasteiger partial charge in [-0.15, -0.1) is 0 Å². The summed E-state index contributed by atoms with van der Waals surface area (Å²) in [5.41, 5.74) is 1.42. The predicted octanol–water partition coefficient (Wildman–Crippen LogP) is 3.68. The lowest BCUT2D eigenvalue weighted by molar-refractivity contribution is -0.118. The third kappa shape index (κ3) is 4.53. The molecule has 122 valence electrons. The van der Waals surface area contributed by atoms with Crippen LogP contribution in [-0.4, -0.2) is 26.7 Å². The molecule has 0 radical (unpaired) electrons. The van der Waals surface area contributed by atoms with Gasteiger partial charge in [-0.3, -0.25) is 4.79 Å². The molecule has 0 aromatic heterocycles. The topological polar surface area (TPSA) is 56.8 Å². The molecule has 23 heavy (non-hydrogen) atoms. The Bertz CT molecular complexity index is 703. The number of hydrogen-bond acceptors (Lipinski definition) is 4. The first-order valence-corrected chi connectivity index (χ1v) is 7.32. The number of rotatable bonds is 6. The van der Waals surface area contributed by atoms with Gasteiger partial charge in [0.1, 0.15) is 17.2 Å². The van der Waals surface area contributed by atoms with Gasteiger partial charge >= 0.3 is 0 Å². The van der Waals surface area contributed by atoms with E-state index in [1.165, 1.54) is 7.11 Å². The number of carbonyl (C=O) groups excluding carboxylic acids is 1. The standard InChI is InChI=1S/C17H18ClNO4/c1-11-8-12(18)4-7-15(11)23-10-17(20)19-14-6-5-13(21-2)9-16(14)22-3/h4-9H,10H2,1-3H3,(H,19,20). The lowest BCUT2D eigenvalue weighted by Crippen LogP contribution is -2.20. The molecule has 0 bridgehead atoms. The number of methoxy groups -OCH3 is 2. The van der Waals surface area contributed by atoms with Crippen molar-refractivity contribution in [3.8, 4) is 17.2 Å². The highest BCUT2D eigenvalue weighted by Crippen LogP contribution is 2.29. The fourth-order valence-electron chi connectivity index (χ4n) is 2.01. The number of carbonyl (C=O) groups is 1. The normalized spacial score (nSPS) is 10.1.